The van der Waals surface area contributed by atoms with Crippen molar-refractivity contribution in [3.05, 3.63) is 24.0 Å². The third-order valence-electron chi connectivity index (χ3n) is 1.88. The summed E-state index contributed by atoms with van der Waals surface area (Å²) in [4.78, 5) is 23.9. The van der Waals surface area contributed by atoms with Gasteiger partial charge in [-0.15, -0.1) is 0 Å². The fraction of sp³-hybridized carbons (Fsp3) is 0.333. The molecule has 0 aromatic carbocycles. The molecule has 0 fully saturated rings. The molecule has 1 rings (SSSR count). The Labute approximate surface area is 85.9 Å². The first kappa shape index (κ1) is 11.3. The Hall–Kier alpha value is -1.82. The third kappa shape index (κ3) is 3.82. The first-order chi connectivity index (χ1) is 7.09. The number of aliphatic carboxylic acids is 2. The lowest BCUT2D eigenvalue weighted by Crippen LogP contribution is -2.38. The zero-order chi connectivity index (χ0) is 11.3. The van der Waals surface area contributed by atoms with Crippen LogP contribution in [0.4, 0.5) is 0 Å². The van der Waals surface area contributed by atoms with Gasteiger partial charge in [0.1, 0.15) is 6.04 Å². The van der Waals surface area contributed by atoms with E-state index in [-0.39, 0.29) is 0 Å². The van der Waals surface area contributed by atoms with E-state index < -0.39 is 24.4 Å². The number of hydrogen-bond acceptors (Lipinski definition) is 3. The van der Waals surface area contributed by atoms with Crippen molar-refractivity contribution in [3.8, 4) is 0 Å². The van der Waals surface area contributed by atoms with Crippen LogP contribution >= 0.6 is 0 Å². The van der Waals surface area contributed by atoms with Crippen LogP contribution in [0.5, 0.6) is 0 Å². The van der Waals surface area contributed by atoms with Crippen molar-refractivity contribution >= 4 is 11.9 Å². The lowest BCUT2D eigenvalue weighted by Gasteiger charge is -2.11. The molecule has 0 aliphatic heterocycles. The molecule has 0 bridgehead atoms. The number of aromatic nitrogens is 1. The molecule has 6 heteroatoms. The molecule has 1 aromatic heterocycles. The van der Waals surface area contributed by atoms with E-state index in [2.05, 4.69) is 10.3 Å². The van der Waals surface area contributed by atoms with Crippen LogP contribution in [-0.2, 0) is 16.1 Å². The largest absolute Gasteiger partial charge is 0.481 e. The van der Waals surface area contributed by atoms with E-state index in [9.17, 15) is 9.59 Å². The molecule has 0 aliphatic carbocycles. The summed E-state index contributed by atoms with van der Waals surface area (Å²) in [7, 11) is 0. The number of hydrogen-bond donors (Lipinski definition) is 4. The molecule has 82 valence electrons. The van der Waals surface area contributed by atoms with Gasteiger partial charge in [0.25, 0.3) is 0 Å². The van der Waals surface area contributed by atoms with Crippen LogP contribution in [0.3, 0.4) is 0 Å². The van der Waals surface area contributed by atoms with Crippen LogP contribution in [0.15, 0.2) is 18.3 Å². The predicted octanol–water partition coefficient (Wildman–Crippen LogP) is 0.0322. The summed E-state index contributed by atoms with van der Waals surface area (Å²) < 4.78 is 0. The van der Waals surface area contributed by atoms with E-state index in [4.69, 9.17) is 10.2 Å². The normalized spacial score (nSPS) is 12.3. The van der Waals surface area contributed by atoms with Gasteiger partial charge in [0, 0.05) is 18.4 Å². The zero-order valence-electron chi connectivity index (χ0n) is 7.93. The van der Waals surface area contributed by atoms with E-state index >= 15 is 0 Å². The molecule has 4 N–H and O–H groups in total. The molecule has 0 aliphatic rings. The number of carbonyl (C=O) groups is 2. The van der Waals surface area contributed by atoms with Crippen molar-refractivity contribution in [1.29, 1.82) is 0 Å². The summed E-state index contributed by atoms with van der Waals surface area (Å²) >= 11 is 0. The van der Waals surface area contributed by atoms with Crippen molar-refractivity contribution in [3.63, 3.8) is 0 Å². The number of carboxylic acids is 2. The molecule has 15 heavy (non-hydrogen) atoms. The molecule has 0 spiro atoms. The van der Waals surface area contributed by atoms with Gasteiger partial charge in [-0.1, -0.05) is 0 Å². The maximum absolute atomic E-state index is 10.7. The Morgan fingerprint density at radius 3 is 2.67 bits per heavy atom. The third-order valence-corrected chi connectivity index (χ3v) is 1.88. The smallest absolute Gasteiger partial charge is 0.321 e. The lowest BCUT2D eigenvalue weighted by atomic mass is 10.2. The monoisotopic (exact) mass is 212 g/mol. The number of carboxylic acid groups (broad SMARTS) is 2. The van der Waals surface area contributed by atoms with Gasteiger partial charge in [-0.2, -0.15) is 0 Å². The quantitative estimate of drug-likeness (QED) is 0.533. The predicted molar refractivity (Wildman–Crippen MR) is 51.3 cm³/mol. The first-order valence-electron chi connectivity index (χ1n) is 4.40. The summed E-state index contributed by atoms with van der Waals surface area (Å²) in [6.45, 7) is 0.303. The van der Waals surface area contributed by atoms with E-state index in [1.54, 1.807) is 18.3 Å². The highest BCUT2D eigenvalue weighted by molar-refractivity contribution is 5.80. The zero-order valence-corrected chi connectivity index (χ0v) is 7.93. The number of H-pyrrole nitrogens is 1. The average molecular weight is 212 g/mol. The molecule has 1 atom stereocenters. The number of aromatic amines is 1. The molecule has 0 saturated heterocycles. The van der Waals surface area contributed by atoms with E-state index in [0.717, 1.165) is 5.69 Å². The van der Waals surface area contributed by atoms with E-state index in [0.29, 0.717) is 6.54 Å². The Kier molecular flexibility index (Phi) is 3.87. The van der Waals surface area contributed by atoms with Crippen LogP contribution in [0, 0.1) is 0 Å². The van der Waals surface area contributed by atoms with Crippen LogP contribution in [0.1, 0.15) is 12.1 Å². The Balaban J connectivity index is 2.45. The van der Waals surface area contributed by atoms with Crippen molar-refractivity contribution in [2.45, 2.75) is 19.0 Å². The van der Waals surface area contributed by atoms with Gasteiger partial charge in [-0.05, 0) is 12.1 Å². The van der Waals surface area contributed by atoms with Gasteiger partial charge in [-0.3, -0.25) is 14.9 Å². The highest BCUT2D eigenvalue weighted by Gasteiger charge is 2.19. The highest BCUT2D eigenvalue weighted by Crippen LogP contribution is 1.97. The SMILES string of the molecule is O=C(O)CC(NCc1ccc[nH]1)C(=O)O. The fourth-order valence-corrected chi connectivity index (χ4v) is 1.13. The van der Waals surface area contributed by atoms with Crippen LogP contribution in [0.25, 0.3) is 0 Å². The molecular formula is C9H12N2O4. The van der Waals surface area contributed by atoms with E-state index in [1.165, 1.54) is 0 Å². The molecule has 1 unspecified atom stereocenters. The molecule has 1 heterocycles. The second kappa shape index (κ2) is 5.16. The van der Waals surface area contributed by atoms with Crippen molar-refractivity contribution in [2.75, 3.05) is 0 Å². The summed E-state index contributed by atoms with van der Waals surface area (Å²) in [6, 6.07) is 2.50. The van der Waals surface area contributed by atoms with Gasteiger partial charge in [0.15, 0.2) is 0 Å². The second-order valence-electron chi connectivity index (χ2n) is 3.06. The summed E-state index contributed by atoms with van der Waals surface area (Å²) in [6.07, 6.45) is 1.28. The molecule has 6 nitrogen and oxygen atoms in total. The van der Waals surface area contributed by atoms with Gasteiger partial charge >= 0.3 is 11.9 Å². The molecule has 0 radical (unpaired) electrons. The Morgan fingerprint density at radius 1 is 1.47 bits per heavy atom. The van der Waals surface area contributed by atoms with Gasteiger partial charge in [0.2, 0.25) is 0 Å². The van der Waals surface area contributed by atoms with Crippen molar-refractivity contribution in [2.24, 2.45) is 0 Å². The molecule has 0 saturated carbocycles. The Morgan fingerprint density at radius 2 is 2.20 bits per heavy atom. The average Bonchev–Trinajstić information content (AvgIpc) is 2.63. The van der Waals surface area contributed by atoms with Gasteiger partial charge in [0.05, 0.1) is 6.42 Å². The summed E-state index contributed by atoms with van der Waals surface area (Å²) in [5, 5.41) is 19.8. The summed E-state index contributed by atoms with van der Waals surface area (Å²) in [5.74, 6) is -2.30. The highest BCUT2D eigenvalue weighted by atomic mass is 16.4. The van der Waals surface area contributed by atoms with Crippen LogP contribution in [0.2, 0.25) is 0 Å². The number of rotatable bonds is 6. The van der Waals surface area contributed by atoms with Gasteiger partial charge in [-0.25, -0.2) is 0 Å². The summed E-state index contributed by atoms with van der Waals surface area (Å²) in [5.41, 5.74) is 0.812. The maximum atomic E-state index is 10.7. The fourth-order valence-electron chi connectivity index (χ4n) is 1.13. The van der Waals surface area contributed by atoms with Crippen LogP contribution < -0.4 is 5.32 Å². The Bertz CT molecular complexity index is 334. The van der Waals surface area contributed by atoms with Crippen LogP contribution in [-0.4, -0.2) is 33.2 Å². The minimum atomic E-state index is -1.16. The first-order valence-corrected chi connectivity index (χ1v) is 4.40. The lowest BCUT2D eigenvalue weighted by molar-refractivity contribution is -0.146. The minimum Gasteiger partial charge on any atom is -0.481 e. The molecule has 0 amide bonds. The topological polar surface area (TPSA) is 102 Å². The minimum absolute atomic E-state index is 0.303. The second-order valence-corrected chi connectivity index (χ2v) is 3.06. The standard InChI is InChI=1S/C9H12N2O4/c12-8(13)4-7(9(14)15)11-5-6-2-1-3-10-6/h1-3,7,10-11H,4-5H2,(H,12,13)(H,14,15). The number of nitrogens with one attached hydrogen (secondary N) is 2. The van der Waals surface area contributed by atoms with Crippen molar-refractivity contribution in [1.82, 2.24) is 10.3 Å². The van der Waals surface area contributed by atoms with Gasteiger partial charge < -0.3 is 15.2 Å². The molecule has 1 aromatic rings. The van der Waals surface area contributed by atoms with E-state index in [1.807, 2.05) is 0 Å². The molecular weight excluding hydrogens is 200 g/mol. The maximum Gasteiger partial charge on any atom is 0.321 e. The van der Waals surface area contributed by atoms with Crippen molar-refractivity contribution < 1.29 is 19.8 Å².